The summed E-state index contributed by atoms with van der Waals surface area (Å²) < 4.78 is 10.6. The van der Waals surface area contributed by atoms with Gasteiger partial charge in [0, 0.05) is 6.61 Å². The standard InChI is InChI=1S/C14H21NO3S/c1-3-18-12(10-7-5-4-6-8-10)13-15-9-11(19-13)14(16)17-2/h9-10,12H,3-8H2,1-2H3. The van der Waals surface area contributed by atoms with E-state index in [2.05, 4.69) is 4.98 Å². The second kappa shape index (κ2) is 7.01. The van der Waals surface area contributed by atoms with Crippen molar-refractivity contribution < 1.29 is 14.3 Å². The fraction of sp³-hybridized carbons (Fsp3) is 0.714. The van der Waals surface area contributed by atoms with Gasteiger partial charge in [-0.1, -0.05) is 19.3 Å². The van der Waals surface area contributed by atoms with Gasteiger partial charge in [-0.2, -0.15) is 0 Å². The van der Waals surface area contributed by atoms with E-state index in [1.165, 1.54) is 50.6 Å². The van der Waals surface area contributed by atoms with E-state index < -0.39 is 0 Å². The molecule has 0 radical (unpaired) electrons. The van der Waals surface area contributed by atoms with Crippen LogP contribution in [0, 0.1) is 5.92 Å². The zero-order valence-corrected chi connectivity index (χ0v) is 12.4. The number of methoxy groups -OCH3 is 1. The lowest BCUT2D eigenvalue weighted by Crippen LogP contribution is -2.19. The molecule has 1 saturated carbocycles. The average molecular weight is 283 g/mol. The van der Waals surface area contributed by atoms with Gasteiger partial charge in [0.2, 0.25) is 0 Å². The maximum absolute atomic E-state index is 11.5. The van der Waals surface area contributed by atoms with E-state index in [0.29, 0.717) is 17.4 Å². The van der Waals surface area contributed by atoms with Crippen LogP contribution >= 0.6 is 11.3 Å². The third-order valence-electron chi connectivity index (χ3n) is 3.58. The summed E-state index contributed by atoms with van der Waals surface area (Å²) in [5.74, 6) is 0.216. The minimum Gasteiger partial charge on any atom is -0.465 e. The smallest absolute Gasteiger partial charge is 0.349 e. The van der Waals surface area contributed by atoms with Gasteiger partial charge in [-0.15, -0.1) is 11.3 Å². The third-order valence-corrected chi connectivity index (χ3v) is 4.62. The van der Waals surface area contributed by atoms with Gasteiger partial charge in [-0.25, -0.2) is 9.78 Å². The van der Waals surface area contributed by atoms with E-state index in [0.717, 1.165) is 5.01 Å². The number of ether oxygens (including phenoxy) is 2. The Morgan fingerprint density at radius 1 is 1.47 bits per heavy atom. The number of thiazole rings is 1. The molecule has 0 amide bonds. The minimum absolute atomic E-state index is 0.0358. The third kappa shape index (κ3) is 3.54. The van der Waals surface area contributed by atoms with Crippen LogP contribution in [-0.2, 0) is 9.47 Å². The molecule has 1 fully saturated rings. The fourth-order valence-electron chi connectivity index (χ4n) is 2.64. The van der Waals surface area contributed by atoms with Crippen molar-refractivity contribution in [2.45, 2.75) is 45.1 Å². The van der Waals surface area contributed by atoms with E-state index in [1.807, 2.05) is 6.92 Å². The molecule has 1 aromatic heterocycles. The van der Waals surface area contributed by atoms with Crippen molar-refractivity contribution in [2.75, 3.05) is 13.7 Å². The number of aromatic nitrogens is 1. The molecule has 0 N–H and O–H groups in total. The molecule has 1 aromatic rings. The highest BCUT2D eigenvalue weighted by atomic mass is 32.1. The molecule has 0 bridgehead atoms. The summed E-state index contributed by atoms with van der Waals surface area (Å²) in [5.41, 5.74) is 0. The fourth-order valence-corrected chi connectivity index (χ4v) is 3.62. The van der Waals surface area contributed by atoms with Crippen molar-refractivity contribution in [1.82, 2.24) is 4.98 Å². The highest BCUT2D eigenvalue weighted by Crippen LogP contribution is 2.38. The molecule has 0 saturated heterocycles. The molecule has 1 heterocycles. The summed E-state index contributed by atoms with van der Waals surface area (Å²) in [6.45, 7) is 2.68. The predicted octanol–water partition coefficient (Wildman–Crippen LogP) is 3.59. The highest BCUT2D eigenvalue weighted by Gasteiger charge is 2.28. The average Bonchev–Trinajstić information content (AvgIpc) is 2.94. The molecule has 19 heavy (non-hydrogen) atoms. The maximum Gasteiger partial charge on any atom is 0.349 e. The van der Waals surface area contributed by atoms with Crippen molar-refractivity contribution in [3.05, 3.63) is 16.1 Å². The first-order chi connectivity index (χ1) is 9.26. The van der Waals surface area contributed by atoms with Crippen molar-refractivity contribution in [1.29, 1.82) is 0 Å². The molecule has 106 valence electrons. The molecule has 0 aliphatic heterocycles. The molecule has 1 atom stereocenters. The van der Waals surface area contributed by atoms with E-state index in [-0.39, 0.29) is 12.1 Å². The SMILES string of the molecule is CCOC(c1ncc(C(=O)OC)s1)C1CCCCC1. The Bertz CT molecular complexity index is 413. The lowest BCUT2D eigenvalue weighted by atomic mass is 9.85. The minimum atomic E-state index is -0.317. The number of hydrogen-bond acceptors (Lipinski definition) is 5. The molecule has 1 aliphatic carbocycles. The Kier molecular flexibility index (Phi) is 5.34. The van der Waals surface area contributed by atoms with Crippen molar-refractivity contribution in [3.8, 4) is 0 Å². The second-order valence-corrected chi connectivity index (χ2v) is 5.89. The lowest BCUT2D eigenvalue weighted by molar-refractivity contribution is 0.00551. The molecule has 2 rings (SSSR count). The molecule has 5 heteroatoms. The van der Waals surface area contributed by atoms with Crippen LogP contribution in [0.25, 0.3) is 0 Å². The van der Waals surface area contributed by atoms with Gasteiger partial charge in [-0.05, 0) is 25.7 Å². The largest absolute Gasteiger partial charge is 0.465 e. The van der Waals surface area contributed by atoms with Crippen LogP contribution in [0.3, 0.4) is 0 Å². The normalized spacial score (nSPS) is 18.2. The van der Waals surface area contributed by atoms with Crippen LogP contribution in [0.5, 0.6) is 0 Å². The number of carbonyl (C=O) groups excluding carboxylic acids is 1. The summed E-state index contributed by atoms with van der Waals surface area (Å²) in [6, 6.07) is 0. The second-order valence-electron chi connectivity index (χ2n) is 4.83. The Balaban J connectivity index is 2.13. The summed E-state index contributed by atoms with van der Waals surface area (Å²) in [4.78, 5) is 16.4. The molecular formula is C14H21NO3S. The lowest BCUT2D eigenvalue weighted by Gasteiger charge is -2.28. The zero-order chi connectivity index (χ0) is 13.7. The van der Waals surface area contributed by atoms with Gasteiger partial charge in [-0.3, -0.25) is 0 Å². The number of nitrogens with zero attached hydrogens (tertiary/aromatic N) is 1. The molecule has 1 aliphatic rings. The quantitative estimate of drug-likeness (QED) is 0.775. The summed E-state index contributed by atoms with van der Waals surface area (Å²) in [6.07, 6.45) is 7.87. The molecule has 4 nitrogen and oxygen atoms in total. The predicted molar refractivity (Wildman–Crippen MR) is 74.4 cm³/mol. The first-order valence-corrected chi connectivity index (χ1v) is 7.73. The monoisotopic (exact) mass is 283 g/mol. The van der Waals surface area contributed by atoms with Crippen LogP contribution in [0.1, 0.15) is 59.8 Å². The zero-order valence-electron chi connectivity index (χ0n) is 11.6. The van der Waals surface area contributed by atoms with Crippen molar-refractivity contribution >= 4 is 17.3 Å². The Morgan fingerprint density at radius 2 is 2.21 bits per heavy atom. The Morgan fingerprint density at radius 3 is 2.84 bits per heavy atom. The van der Waals surface area contributed by atoms with Crippen molar-refractivity contribution in [3.63, 3.8) is 0 Å². The highest BCUT2D eigenvalue weighted by molar-refractivity contribution is 7.13. The molecule has 1 unspecified atom stereocenters. The van der Waals surface area contributed by atoms with Gasteiger partial charge in [0.05, 0.1) is 13.3 Å². The van der Waals surface area contributed by atoms with Crippen LogP contribution in [0.2, 0.25) is 0 Å². The van der Waals surface area contributed by atoms with Gasteiger partial charge >= 0.3 is 5.97 Å². The van der Waals surface area contributed by atoms with Gasteiger partial charge < -0.3 is 9.47 Å². The van der Waals surface area contributed by atoms with E-state index in [4.69, 9.17) is 9.47 Å². The number of esters is 1. The van der Waals surface area contributed by atoms with E-state index in [1.54, 1.807) is 6.20 Å². The van der Waals surface area contributed by atoms with Crippen LogP contribution in [-0.4, -0.2) is 24.7 Å². The van der Waals surface area contributed by atoms with Crippen molar-refractivity contribution in [2.24, 2.45) is 5.92 Å². The molecule has 0 aromatic carbocycles. The topological polar surface area (TPSA) is 48.4 Å². The van der Waals surface area contributed by atoms with E-state index >= 15 is 0 Å². The van der Waals surface area contributed by atoms with Gasteiger partial charge in [0.15, 0.2) is 0 Å². The Hall–Kier alpha value is -0.940. The number of carbonyl (C=O) groups is 1. The first-order valence-electron chi connectivity index (χ1n) is 6.92. The first kappa shape index (κ1) is 14.5. The van der Waals surface area contributed by atoms with Gasteiger partial charge in [0.25, 0.3) is 0 Å². The number of rotatable bonds is 5. The summed E-state index contributed by atoms with van der Waals surface area (Å²) in [5, 5.41) is 0.911. The molecule has 0 spiro atoms. The number of hydrogen-bond donors (Lipinski definition) is 0. The van der Waals surface area contributed by atoms with Gasteiger partial charge in [0.1, 0.15) is 16.0 Å². The summed E-state index contributed by atoms with van der Waals surface area (Å²) in [7, 11) is 1.39. The molecular weight excluding hydrogens is 262 g/mol. The summed E-state index contributed by atoms with van der Waals surface area (Å²) >= 11 is 1.40. The maximum atomic E-state index is 11.5. The van der Waals surface area contributed by atoms with Crippen LogP contribution < -0.4 is 0 Å². The Labute approximate surface area is 118 Å². The van der Waals surface area contributed by atoms with Crippen LogP contribution in [0.4, 0.5) is 0 Å². The van der Waals surface area contributed by atoms with Crippen LogP contribution in [0.15, 0.2) is 6.20 Å². The van der Waals surface area contributed by atoms with E-state index in [9.17, 15) is 4.79 Å².